The van der Waals surface area contributed by atoms with Crippen molar-refractivity contribution in [1.29, 1.82) is 5.26 Å². The van der Waals surface area contributed by atoms with Gasteiger partial charge in [0.05, 0.1) is 29.2 Å². The molecule has 3 aromatic rings. The van der Waals surface area contributed by atoms with Crippen molar-refractivity contribution in [1.82, 2.24) is 19.5 Å². The fourth-order valence-electron chi connectivity index (χ4n) is 1.83. The Morgan fingerprint density at radius 1 is 1.32 bits per heavy atom. The van der Waals surface area contributed by atoms with Crippen LogP contribution in [0.1, 0.15) is 11.3 Å². The molecule has 0 amide bonds. The van der Waals surface area contributed by atoms with Gasteiger partial charge in [0.2, 0.25) is 0 Å². The summed E-state index contributed by atoms with van der Waals surface area (Å²) in [5.41, 5.74) is 2.76. The lowest BCUT2D eigenvalue weighted by Gasteiger charge is -2.04. The van der Waals surface area contributed by atoms with Gasteiger partial charge in [-0.25, -0.2) is 9.97 Å². The van der Waals surface area contributed by atoms with Crippen LogP contribution >= 0.6 is 11.6 Å². The summed E-state index contributed by atoms with van der Waals surface area (Å²) in [5.74, 6) is 0. The summed E-state index contributed by atoms with van der Waals surface area (Å²) >= 11 is 5.98. The third kappa shape index (κ3) is 2.14. The summed E-state index contributed by atoms with van der Waals surface area (Å²) < 4.78 is 1.89. The molecule has 92 valence electrons. The van der Waals surface area contributed by atoms with Crippen LogP contribution in [-0.4, -0.2) is 19.5 Å². The number of hydrogen-bond acceptors (Lipinski definition) is 4. The minimum Gasteiger partial charge on any atom is -0.309 e. The highest BCUT2D eigenvalue weighted by atomic mass is 35.5. The number of aromatic nitrogens is 4. The highest BCUT2D eigenvalue weighted by molar-refractivity contribution is 6.31. The molecule has 0 N–H and O–H groups in total. The van der Waals surface area contributed by atoms with Gasteiger partial charge in [-0.05, 0) is 18.2 Å². The van der Waals surface area contributed by atoms with E-state index in [1.807, 2.05) is 22.8 Å². The highest BCUT2D eigenvalue weighted by Crippen LogP contribution is 2.16. The lowest BCUT2D eigenvalue weighted by atomic mass is 10.2. The van der Waals surface area contributed by atoms with Crippen LogP contribution in [-0.2, 0) is 6.54 Å². The first-order valence-electron chi connectivity index (χ1n) is 5.58. The lowest BCUT2D eigenvalue weighted by molar-refractivity contribution is 0.788. The Hall–Kier alpha value is -2.45. The van der Waals surface area contributed by atoms with Gasteiger partial charge in [0.25, 0.3) is 0 Å². The van der Waals surface area contributed by atoms with E-state index in [1.54, 1.807) is 18.6 Å². The molecule has 0 aliphatic rings. The van der Waals surface area contributed by atoms with Crippen LogP contribution < -0.4 is 0 Å². The average Bonchev–Trinajstić information content (AvgIpc) is 2.83. The molecule has 3 aromatic heterocycles. The third-order valence-corrected chi connectivity index (χ3v) is 3.05. The number of pyridine rings is 2. The minimum absolute atomic E-state index is 0.374. The predicted octanol–water partition coefficient (Wildman–Crippen LogP) is 2.40. The van der Waals surface area contributed by atoms with Crippen LogP contribution in [0.15, 0.2) is 36.9 Å². The first kappa shape index (κ1) is 11.6. The molecule has 3 rings (SSSR count). The summed E-state index contributed by atoms with van der Waals surface area (Å²) in [5, 5.41) is 9.21. The molecule has 0 saturated heterocycles. The Labute approximate surface area is 114 Å². The Kier molecular flexibility index (Phi) is 2.86. The van der Waals surface area contributed by atoms with Crippen molar-refractivity contribution in [2.75, 3.05) is 0 Å². The first-order valence-corrected chi connectivity index (χ1v) is 5.96. The SMILES string of the molecule is N#Cc1cnc(Cn2cnc3cccnc32)cc1Cl. The quantitative estimate of drug-likeness (QED) is 0.716. The van der Waals surface area contributed by atoms with E-state index in [0.717, 1.165) is 16.9 Å². The number of nitriles is 1. The first-order chi connectivity index (χ1) is 9.28. The summed E-state index contributed by atoms with van der Waals surface area (Å²) in [7, 11) is 0. The number of nitrogens with zero attached hydrogens (tertiary/aromatic N) is 5. The lowest BCUT2D eigenvalue weighted by Crippen LogP contribution is -2.01. The van der Waals surface area contributed by atoms with Crippen molar-refractivity contribution < 1.29 is 0 Å². The predicted molar refractivity (Wildman–Crippen MR) is 70.6 cm³/mol. The van der Waals surface area contributed by atoms with Crippen LogP contribution in [0, 0.1) is 11.3 Å². The molecular weight excluding hydrogens is 262 g/mol. The fraction of sp³-hybridized carbons (Fsp3) is 0.0769. The summed E-state index contributed by atoms with van der Waals surface area (Å²) in [4.78, 5) is 12.7. The standard InChI is InChI=1S/C13H8ClN5/c14-11-4-10(17-6-9(11)5-15)7-19-8-18-12-2-1-3-16-13(12)19/h1-4,6,8H,7H2. The second-order valence-electron chi connectivity index (χ2n) is 3.99. The maximum atomic E-state index is 8.81. The Balaban J connectivity index is 1.97. The van der Waals surface area contributed by atoms with Crippen LogP contribution in [0.2, 0.25) is 5.02 Å². The van der Waals surface area contributed by atoms with Crippen molar-refractivity contribution in [2.24, 2.45) is 0 Å². The normalized spacial score (nSPS) is 10.5. The minimum atomic E-state index is 0.374. The molecule has 0 aliphatic heterocycles. The maximum absolute atomic E-state index is 8.81. The molecule has 0 radical (unpaired) electrons. The van der Waals surface area contributed by atoms with Gasteiger partial charge in [0.15, 0.2) is 5.65 Å². The monoisotopic (exact) mass is 269 g/mol. The van der Waals surface area contributed by atoms with E-state index >= 15 is 0 Å². The molecule has 0 aliphatic carbocycles. The van der Waals surface area contributed by atoms with Gasteiger partial charge in [-0.1, -0.05) is 11.6 Å². The molecule has 5 nitrogen and oxygen atoms in total. The molecule has 0 saturated carbocycles. The van der Waals surface area contributed by atoms with E-state index in [0.29, 0.717) is 17.1 Å². The van der Waals surface area contributed by atoms with Gasteiger partial charge in [0, 0.05) is 12.4 Å². The Bertz CT molecular complexity index is 787. The second kappa shape index (κ2) is 4.67. The number of halogens is 1. The van der Waals surface area contributed by atoms with Crippen molar-refractivity contribution in [3.05, 3.63) is 53.2 Å². The third-order valence-electron chi connectivity index (χ3n) is 2.74. The zero-order chi connectivity index (χ0) is 13.2. The Morgan fingerprint density at radius 2 is 2.21 bits per heavy atom. The second-order valence-corrected chi connectivity index (χ2v) is 4.39. The van der Waals surface area contributed by atoms with Crippen LogP contribution in [0.5, 0.6) is 0 Å². The highest BCUT2D eigenvalue weighted by Gasteiger charge is 2.06. The zero-order valence-electron chi connectivity index (χ0n) is 9.79. The Morgan fingerprint density at radius 3 is 3.00 bits per heavy atom. The smallest absolute Gasteiger partial charge is 0.160 e. The molecule has 0 bridgehead atoms. The molecule has 19 heavy (non-hydrogen) atoms. The summed E-state index contributed by atoms with van der Waals surface area (Å²) in [6.07, 6.45) is 4.91. The van der Waals surface area contributed by atoms with Gasteiger partial charge in [-0.15, -0.1) is 0 Å². The maximum Gasteiger partial charge on any atom is 0.160 e. The zero-order valence-corrected chi connectivity index (χ0v) is 10.5. The van der Waals surface area contributed by atoms with E-state index in [-0.39, 0.29) is 0 Å². The molecule has 3 heterocycles. The number of rotatable bonds is 2. The molecule has 6 heteroatoms. The molecule has 0 fully saturated rings. The van der Waals surface area contributed by atoms with Gasteiger partial charge >= 0.3 is 0 Å². The fourth-order valence-corrected chi connectivity index (χ4v) is 2.04. The molecule has 0 atom stereocenters. The van der Waals surface area contributed by atoms with Crippen molar-refractivity contribution >= 4 is 22.8 Å². The van der Waals surface area contributed by atoms with Gasteiger partial charge in [-0.2, -0.15) is 5.26 Å². The number of fused-ring (bicyclic) bond motifs is 1. The van der Waals surface area contributed by atoms with E-state index in [9.17, 15) is 0 Å². The molecule has 0 unspecified atom stereocenters. The van der Waals surface area contributed by atoms with E-state index in [2.05, 4.69) is 15.0 Å². The van der Waals surface area contributed by atoms with Crippen molar-refractivity contribution in [3.8, 4) is 6.07 Å². The van der Waals surface area contributed by atoms with Gasteiger partial charge in [-0.3, -0.25) is 4.98 Å². The van der Waals surface area contributed by atoms with Crippen molar-refractivity contribution in [3.63, 3.8) is 0 Å². The van der Waals surface area contributed by atoms with E-state index in [4.69, 9.17) is 16.9 Å². The molecule has 0 spiro atoms. The summed E-state index contributed by atoms with van der Waals surface area (Å²) in [6, 6.07) is 7.42. The van der Waals surface area contributed by atoms with E-state index in [1.165, 1.54) is 6.20 Å². The molecule has 0 aromatic carbocycles. The molecular formula is C13H8ClN5. The van der Waals surface area contributed by atoms with Gasteiger partial charge in [0.1, 0.15) is 11.6 Å². The number of imidazole rings is 1. The van der Waals surface area contributed by atoms with Crippen molar-refractivity contribution in [2.45, 2.75) is 6.54 Å². The largest absolute Gasteiger partial charge is 0.309 e. The van der Waals surface area contributed by atoms with Crippen LogP contribution in [0.25, 0.3) is 11.2 Å². The number of hydrogen-bond donors (Lipinski definition) is 0. The van der Waals surface area contributed by atoms with Crippen LogP contribution in [0.4, 0.5) is 0 Å². The average molecular weight is 270 g/mol. The topological polar surface area (TPSA) is 67.4 Å². The summed E-state index contributed by atoms with van der Waals surface area (Å²) in [6.45, 7) is 0.513. The van der Waals surface area contributed by atoms with Crippen LogP contribution in [0.3, 0.4) is 0 Å². The van der Waals surface area contributed by atoms with E-state index < -0.39 is 0 Å². The van der Waals surface area contributed by atoms with Gasteiger partial charge < -0.3 is 4.57 Å².